The molecule has 30 heavy (non-hydrogen) atoms. The van der Waals surface area contributed by atoms with Crippen LogP contribution in [0.15, 0.2) is 41.4 Å². The first-order valence-electron chi connectivity index (χ1n) is 9.77. The highest BCUT2D eigenvalue weighted by Crippen LogP contribution is 2.19. The first kappa shape index (κ1) is 22.0. The van der Waals surface area contributed by atoms with Crippen LogP contribution in [0.4, 0.5) is 10.1 Å². The van der Waals surface area contributed by atoms with Gasteiger partial charge in [-0.1, -0.05) is 12.8 Å². The highest BCUT2D eigenvalue weighted by Gasteiger charge is 2.26. The molecule has 162 valence electrons. The molecule has 0 radical (unpaired) electrons. The van der Waals surface area contributed by atoms with Gasteiger partial charge in [0.15, 0.2) is 0 Å². The van der Waals surface area contributed by atoms with Gasteiger partial charge < -0.3 is 15.2 Å². The van der Waals surface area contributed by atoms with E-state index >= 15 is 0 Å². The van der Waals surface area contributed by atoms with Crippen LogP contribution in [-0.4, -0.2) is 61.1 Å². The number of likely N-dealkylation sites (N-methyl/N-ethyl adjacent to an activating group) is 1. The zero-order valence-electron chi connectivity index (χ0n) is 16.7. The number of hydrogen-bond donors (Lipinski definition) is 2. The van der Waals surface area contributed by atoms with Crippen LogP contribution in [0, 0.1) is 5.82 Å². The largest absolute Gasteiger partial charge is 0.356 e. The second kappa shape index (κ2) is 9.40. The molecular formula is C20H25FN4O4S. The molecule has 1 aromatic carbocycles. The number of amides is 2. The van der Waals surface area contributed by atoms with Crippen molar-refractivity contribution in [3.8, 4) is 0 Å². The Hall–Kier alpha value is -2.72. The summed E-state index contributed by atoms with van der Waals surface area (Å²) in [7, 11) is -2.69. The maximum Gasteiger partial charge on any atom is 0.270 e. The van der Waals surface area contributed by atoms with Crippen LogP contribution in [0.5, 0.6) is 0 Å². The second-order valence-corrected chi connectivity index (χ2v) is 9.32. The van der Waals surface area contributed by atoms with Gasteiger partial charge in [0.25, 0.3) is 5.91 Å². The normalized spacial score (nSPS) is 15.1. The van der Waals surface area contributed by atoms with Gasteiger partial charge in [-0.15, -0.1) is 0 Å². The lowest BCUT2D eigenvalue weighted by Gasteiger charge is -2.19. The fourth-order valence-electron chi connectivity index (χ4n) is 3.29. The van der Waals surface area contributed by atoms with Gasteiger partial charge in [0, 0.05) is 32.0 Å². The third-order valence-electron chi connectivity index (χ3n) is 4.98. The molecule has 0 unspecified atom stereocenters. The summed E-state index contributed by atoms with van der Waals surface area (Å²) in [5, 5.41) is 2.52. The van der Waals surface area contributed by atoms with Crippen LogP contribution in [0.25, 0.3) is 0 Å². The number of sulfonamides is 1. The number of aromatic amines is 1. The molecule has 2 N–H and O–H groups in total. The zero-order valence-corrected chi connectivity index (χ0v) is 17.5. The minimum absolute atomic E-state index is 0.0854. The number of likely N-dealkylation sites (tertiary alicyclic amines) is 1. The molecule has 0 aliphatic carbocycles. The number of anilines is 1. The van der Waals surface area contributed by atoms with Crippen LogP contribution in [0.3, 0.4) is 0 Å². The SMILES string of the molecule is CN(CC(=O)Nc1ccc(F)cc1)S(=O)(=O)c1c[nH]c(C(=O)N2CCCCCC2)c1. The van der Waals surface area contributed by atoms with E-state index in [0.717, 1.165) is 30.0 Å². The monoisotopic (exact) mass is 436 g/mol. The predicted molar refractivity (Wildman–Crippen MR) is 110 cm³/mol. The summed E-state index contributed by atoms with van der Waals surface area (Å²) in [6.45, 7) is 0.882. The van der Waals surface area contributed by atoms with Crippen molar-refractivity contribution in [2.45, 2.75) is 30.6 Å². The maximum atomic E-state index is 12.9. The Morgan fingerprint density at radius 3 is 2.40 bits per heavy atom. The van der Waals surface area contributed by atoms with Gasteiger partial charge >= 0.3 is 0 Å². The lowest BCUT2D eigenvalue weighted by atomic mass is 10.2. The molecule has 0 saturated carbocycles. The van der Waals surface area contributed by atoms with Crippen molar-refractivity contribution in [2.75, 3.05) is 32.0 Å². The molecule has 1 fully saturated rings. The van der Waals surface area contributed by atoms with E-state index in [4.69, 9.17) is 0 Å². The van der Waals surface area contributed by atoms with Gasteiger partial charge in [-0.3, -0.25) is 9.59 Å². The van der Waals surface area contributed by atoms with Crippen LogP contribution in [0.2, 0.25) is 0 Å². The third-order valence-corrected chi connectivity index (χ3v) is 6.76. The van der Waals surface area contributed by atoms with Crippen molar-refractivity contribution < 1.29 is 22.4 Å². The summed E-state index contributed by atoms with van der Waals surface area (Å²) < 4.78 is 39.4. The number of carbonyl (C=O) groups is 2. The van der Waals surface area contributed by atoms with Crippen molar-refractivity contribution in [1.82, 2.24) is 14.2 Å². The van der Waals surface area contributed by atoms with Crippen LogP contribution < -0.4 is 5.32 Å². The van der Waals surface area contributed by atoms with Crippen molar-refractivity contribution in [3.63, 3.8) is 0 Å². The zero-order chi connectivity index (χ0) is 21.7. The molecule has 0 atom stereocenters. The number of nitrogens with one attached hydrogen (secondary N) is 2. The summed E-state index contributed by atoms with van der Waals surface area (Å²) in [6, 6.07) is 6.46. The topological polar surface area (TPSA) is 103 Å². The lowest BCUT2D eigenvalue weighted by molar-refractivity contribution is -0.116. The fourth-order valence-corrected chi connectivity index (χ4v) is 4.41. The van der Waals surface area contributed by atoms with Crippen molar-refractivity contribution in [1.29, 1.82) is 0 Å². The van der Waals surface area contributed by atoms with E-state index in [9.17, 15) is 22.4 Å². The van der Waals surface area contributed by atoms with Crippen LogP contribution in [0.1, 0.15) is 36.2 Å². The number of halogens is 1. The molecule has 1 saturated heterocycles. The molecule has 1 aromatic heterocycles. The first-order valence-corrected chi connectivity index (χ1v) is 11.2. The standard InChI is InChI=1S/C20H25FN4O4S/c1-24(14-19(26)23-16-8-6-15(21)7-9-16)30(28,29)17-12-18(22-13-17)20(27)25-10-4-2-3-5-11-25/h6-9,12-13,22H,2-5,10-11,14H2,1H3,(H,23,26). The Morgan fingerprint density at radius 1 is 1.13 bits per heavy atom. The number of aromatic nitrogens is 1. The number of carbonyl (C=O) groups excluding carboxylic acids is 2. The maximum absolute atomic E-state index is 12.9. The lowest BCUT2D eigenvalue weighted by Crippen LogP contribution is -2.35. The molecule has 10 heteroatoms. The van der Waals surface area contributed by atoms with E-state index < -0.39 is 28.3 Å². The van der Waals surface area contributed by atoms with E-state index in [0.29, 0.717) is 18.8 Å². The van der Waals surface area contributed by atoms with Crippen molar-refractivity contribution in [2.24, 2.45) is 0 Å². The van der Waals surface area contributed by atoms with E-state index in [2.05, 4.69) is 10.3 Å². The average molecular weight is 437 g/mol. The van der Waals surface area contributed by atoms with E-state index in [1.165, 1.54) is 43.6 Å². The molecule has 1 aliphatic rings. The van der Waals surface area contributed by atoms with Crippen molar-refractivity contribution in [3.05, 3.63) is 48.0 Å². The summed E-state index contributed by atoms with van der Waals surface area (Å²) in [6.07, 6.45) is 5.29. The first-order chi connectivity index (χ1) is 14.3. The molecule has 2 aromatic rings. The summed E-state index contributed by atoms with van der Waals surface area (Å²) in [4.78, 5) is 29.2. The molecule has 2 heterocycles. The van der Waals surface area contributed by atoms with Gasteiger partial charge in [0.05, 0.1) is 6.54 Å². The van der Waals surface area contributed by atoms with Gasteiger partial charge in [-0.25, -0.2) is 12.8 Å². The summed E-state index contributed by atoms with van der Waals surface area (Å²) in [5.74, 6) is -1.23. The Bertz CT molecular complexity index is 996. The molecule has 0 bridgehead atoms. The Labute approximate surface area is 175 Å². The number of hydrogen-bond acceptors (Lipinski definition) is 4. The van der Waals surface area contributed by atoms with Crippen molar-refractivity contribution >= 4 is 27.5 Å². The Morgan fingerprint density at radius 2 is 1.77 bits per heavy atom. The number of rotatable bonds is 6. The molecule has 3 rings (SSSR count). The highest BCUT2D eigenvalue weighted by atomic mass is 32.2. The van der Waals surface area contributed by atoms with Crippen LogP contribution in [-0.2, 0) is 14.8 Å². The molecule has 8 nitrogen and oxygen atoms in total. The quantitative estimate of drug-likeness (QED) is 0.726. The highest BCUT2D eigenvalue weighted by molar-refractivity contribution is 7.89. The van der Waals surface area contributed by atoms with Crippen LogP contribution >= 0.6 is 0 Å². The minimum atomic E-state index is -3.97. The number of H-pyrrole nitrogens is 1. The van der Waals surface area contributed by atoms with Gasteiger partial charge in [-0.05, 0) is 43.2 Å². The van der Waals surface area contributed by atoms with Gasteiger partial charge in [-0.2, -0.15) is 4.31 Å². The minimum Gasteiger partial charge on any atom is -0.356 e. The number of nitrogens with zero attached hydrogens (tertiary/aromatic N) is 2. The second-order valence-electron chi connectivity index (χ2n) is 7.27. The Balaban J connectivity index is 1.65. The predicted octanol–water partition coefficient (Wildman–Crippen LogP) is 2.43. The fraction of sp³-hybridized carbons (Fsp3) is 0.400. The molecule has 1 aliphatic heterocycles. The van der Waals surface area contributed by atoms with E-state index in [1.807, 2.05) is 0 Å². The molecular weight excluding hydrogens is 411 g/mol. The van der Waals surface area contributed by atoms with E-state index in [-0.39, 0.29) is 16.5 Å². The average Bonchev–Trinajstić information content (AvgIpc) is 3.06. The van der Waals surface area contributed by atoms with Gasteiger partial charge in [0.1, 0.15) is 16.4 Å². The summed E-state index contributed by atoms with van der Waals surface area (Å²) in [5.41, 5.74) is 0.568. The molecule has 0 spiro atoms. The van der Waals surface area contributed by atoms with Gasteiger partial charge in [0.2, 0.25) is 15.9 Å². The summed E-state index contributed by atoms with van der Waals surface area (Å²) >= 11 is 0. The van der Waals surface area contributed by atoms with E-state index in [1.54, 1.807) is 4.90 Å². The third kappa shape index (κ3) is 5.25. The molecule has 2 amide bonds. The smallest absolute Gasteiger partial charge is 0.270 e. The Kier molecular flexibility index (Phi) is 6.88. The number of benzene rings is 1.